The molecule has 0 saturated carbocycles. The fourth-order valence-corrected chi connectivity index (χ4v) is 3.95. The molecule has 5 nitrogen and oxygen atoms in total. The van der Waals surface area contributed by atoms with E-state index in [0.29, 0.717) is 6.54 Å². The maximum Gasteiger partial charge on any atom is 0.238 e. The van der Waals surface area contributed by atoms with Crippen molar-refractivity contribution < 1.29 is 9.90 Å². The van der Waals surface area contributed by atoms with E-state index in [1.54, 1.807) is 11.3 Å². The Kier molecular flexibility index (Phi) is 6.21. The number of fused-ring (bicyclic) bond motifs is 1. The Balaban J connectivity index is 1.68. The van der Waals surface area contributed by atoms with Gasteiger partial charge in [0.05, 0.1) is 23.4 Å². The number of carbonyl (C=O) groups excluding carboxylic acids is 1. The number of nitrogens with one attached hydrogen (secondary N) is 1. The van der Waals surface area contributed by atoms with E-state index in [1.165, 1.54) is 10.3 Å². The lowest BCUT2D eigenvalue weighted by molar-refractivity contribution is -0.117. The van der Waals surface area contributed by atoms with Gasteiger partial charge in [0.15, 0.2) is 0 Å². The Morgan fingerprint density at radius 3 is 2.63 bits per heavy atom. The summed E-state index contributed by atoms with van der Waals surface area (Å²) in [5.74, 6) is -0.0830. The molecule has 0 fully saturated rings. The SMILES string of the molecule is Cc1ccc2nc(-c3ccc(NC(=O)CN(CCO)C(C)C)cc3)sc2c1. The molecule has 0 atom stereocenters. The molecule has 3 aromatic rings. The molecule has 2 aromatic carbocycles. The van der Waals surface area contributed by atoms with E-state index in [2.05, 4.69) is 24.4 Å². The molecule has 0 aliphatic carbocycles. The lowest BCUT2D eigenvalue weighted by Gasteiger charge is -2.24. The average Bonchev–Trinajstić information content (AvgIpc) is 3.05. The number of thiazole rings is 1. The Morgan fingerprint density at radius 2 is 1.96 bits per heavy atom. The minimum absolute atomic E-state index is 0.0435. The quantitative estimate of drug-likeness (QED) is 0.649. The summed E-state index contributed by atoms with van der Waals surface area (Å²) < 4.78 is 1.18. The molecular formula is C21H25N3O2S. The number of anilines is 1. The predicted octanol–water partition coefficient (Wildman–Crippen LogP) is 3.91. The van der Waals surface area contributed by atoms with Crippen LogP contribution in [-0.4, -0.2) is 46.6 Å². The number of aliphatic hydroxyl groups is 1. The van der Waals surface area contributed by atoms with E-state index in [4.69, 9.17) is 10.1 Å². The summed E-state index contributed by atoms with van der Waals surface area (Å²) in [6, 6.07) is 14.2. The fourth-order valence-electron chi connectivity index (χ4n) is 2.88. The van der Waals surface area contributed by atoms with Crippen molar-refractivity contribution in [1.29, 1.82) is 0 Å². The van der Waals surface area contributed by atoms with Crippen LogP contribution in [0.25, 0.3) is 20.8 Å². The standard InChI is InChI=1S/C21H25N3O2S/c1-14(2)24(10-11-25)13-20(26)22-17-7-5-16(6-8-17)21-23-18-9-4-15(3)12-19(18)27-21/h4-9,12,14,25H,10-11,13H2,1-3H3,(H,22,26). The van der Waals surface area contributed by atoms with Crippen LogP contribution in [0, 0.1) is 6.92 Å². The molecule has 0 bridgehead atoms. The largest absolute Gasteiger partial charge is 0.395 e. The summed E-state index contributed by atoms with van der Waals surface area (Å²) in [4.78, 5) is 18.9. The molecule has 27 heavy (non-hydrogen) atoms. The minimum atomic E-state index is -0.0830. The second-order valence-electron chi connectivity index (χ2n) is 6.90. The first-order valence-electron chi connectivity index (χ1n) is 9.08. The van der Waals surface area contributed by atoms with Gasteiger partial charge in [0, 0.05) is 23.8 Å². The van der Waals surface area contributed by atoms with E-state index in [1.807, 2.05) is 49.1 Å². The van der Waals surface area contributed by atoms with Gasteiger partial charge in [0.1, 0.15) is 5.01 Å². The van der Waals surface area contributed by atoms with Gasteiger partial charge in [-0.05, 0) is 62.7 Å². The maximum atomic E-state index is 12.3. The second kappa shape index (κ2) is 8.61. The average molecular weight is 384 g/mol. The van der Waals surface area contributed by atoms with Gasteiger partial charge in [-0.25, -0.2) is 4.98 Å². The molecule has 6 heteroatoms. The summed E-state index contributed by atoms with van der Waals surface area (Å²) in [6.45, 7) is 6.89. The van der Waals surface area contributed by atoms with Crippen molar-refractivity contribution in [3.8, 4) is 10.6 Å². The van der Waals surface area contributed by atoms with Crippen molar-refractivity contribution in [1.82, 2.24) is 9.88 Å². The van der Waals surface area contributed by atoms with Gasteiger partial charge in [0.25, 0.3) is 0 Å². The monoisotopic (exact) mass is 383 g/mol. The number of aliphatic hydroxyl groups excluding tert-OH is 1. The van der Waals surface area contributed by atoms with Crippen LogP contribution in [-0.2, 0) is 4.79 Å². The summed E-state index contributed by atoms with van der Waals surface area (Å²) in [7, 11) is 0. The van der Waals surface area contributed by atoms with Crippen LogP contribution in [0.15, 0.2) is 42.5 Å². The molecule has 0 spiro atoms. The van der Waals surface area contributed by atoms with Crippen molar-refractivity contribution in [2.24, 2.45) is 0 Å². The van der Waals surface area contributed by atoms with E-state index in [0.717, 1.165) is 21.8 Å². The molecule has 1 amide bonds. The highest BCUT2D eigenvalue weighted by Gasteiger charge is 2.14. The first-order chi connectivity index (χ1) is 13.0. The number of rotatable bonds is 7. The van der Waals surface area contributed by atoms with Crippen LogP contribution in [0.2, 0.25) is 0 Å². The Labute approximate surface area is 163 Å². The van der Waals surface area contributed by atoms with Crippen LogP contribution >= 0.6 is 11.3 Å². The third kappa shape index (κ3) is 4.91. The van der Waals surface area contributed by atoms with E-state index < -0.39 is 0 Å². The third-order valence-corrected chi connectivity index (χ3v) is 5.49. The van der Waals surface area contributed by atoms with E-state index in [-0.39, 0.29) is 25.1 Å². The molecule has 1 heterocycles. The lowest BCUT2D eigenvalue weighted by atomic mass is 10.2. The second-order valence-corrected chi connectivity index (χ2v) is 7.93. The van der Waals surface area contributed by atoms with Gasteiger partial charge < -0.3 is 10.4 Å². The van der Waals surface area contributed by atoms with Crippen molar-refractivity contribution in [2.45, 2.75) is 26.8 Å². The highest BCUT2D eigenvalue weighted by atomic mass is 32.1. The van der Waals surface area contributed by atoms with Gasteiger partial charge in [-0.3, -0.25) is 9.69 Å². The summed E-state index contributed by atoms with van der Waals surface area (Å²) in [5, 5.41) is 13.0. The van der Waals surface area contributed by atoms with Gasteiger partial charge in [0.2, 0.25) is 5.91 Å². The smallest absolute Gasteiger partial charge is 0.238 e. The van der Waals surface area contributed by atoms with Crippen molar-refractivity contribution in [3.63, 3.8) is 0 Å². The molecule has 0 saturated heterocycles. The molecule has 0 aliphatic heterocycles. The van der Waals surface area contributed by atoms with Crippen LogP contribution in [0.3, 0.4) is 0 Å². The number of aryl methyl sites for hydroxylation is 1. The van der Waals surface area contributed by atoms with Gasteiger partial charge >= 0.3 is 0 Å². The Bertz CT molecular complexity index is 919. The topological polar surface area (TPSA) is 65.5 Å². The van der Waals surface area contributed by atoms with Crippen LogP contribution < -0.4 is 5.32 Å². The molecule has 0 unspecified atom stereocenters. The molecular weight excluding hydrogens is 358 g/mol. The number of aromatic nitrogens is 1. The summed E-state index contributed by atoms with van der Waals surface area (Å²) in [5.41, 5.74) is 4.03. The number of amides is 1. The summed E-state index contributed by atoms with van der Waals surface area (Å²) >= 11 is 1.67. The van der Waals surface area contributed by atoms with Gasteiger partial charge in [-0.15, -0.1) is 11.3 Å². The number of nitrogens with zero attached hydrogens (tertiary/aromatic N) is 2. The third-order valence-electron chi connectivity index (χ3n) is 4.42. The zero-order chi connectivity index (χ0) is 19.4. The first kappa shape index (κ1) is 19.5. The maximum absolute atomic E-state index is 12.3. The Morgan fingerprint density at radius 1 is 1.22 bits per heavy atom. The first-order valence-corrected chi connectivity index (χ1v) is 9.90. The number of hydrogen-bond donors (Lipinski definition) is 2. The molecule has 0 radical (unpaired) electrons. The Hall–Kier alpha value is -2.28. The highest BCUT2D eigenvalue weighted by Crippen LogP contribution is 2.31. The lowest BCUT2D eigenvalue weighted by Crippen LogP contribution is -2.39. The summed E-state index contributed by atoms with van der Waals surface area (Å²) in [6.07, 6.45) is 0. The highest BCUT2D eigenvalue weighted by molar-refractivity contribution is 7.21. The van der Waals surface area contributed by atoms with E-state index in [9.17, 15) is 4.79 Å². The normalized spacial score (nSPS) is 11.5. The minimum Gasteiger partial charge on any atom is -0.395 e. The molecule has 0 aliphatic rings. The molecule has 1 aromatic heterocycles. The van der Waals surface area contributed by atoms with Crippen LogP contribution in [0.4, 0.5) is 5.69 Å². The van der Waals surface area contributed by atoms with E-state index >= 15 is 0 Å². The van der Waals surface area contributed by atoms with Crippen molar-refractivity contribution in [3.05, 3.63) is 48.0 Å². The molecule has 142 valence electrons. The number of benzene rings is 2. The fraction of sp³-hybridized carbons (Fsp3) is 0.333. The van der Waals surface area contributed by atoms with Gasteiger partial charge in [-0.1, -0.05) is 6.07 Å². The number of carbonyl (C=O) groups is 1. The van der Waals surface area contributed by atoms with Crippen LogP contribution in [0.1, 0.15) is 19.4 Å². The van der Waals surface area contributed by atoms with Crippen LogP contribution in [0.5, 0.6) is 0 Å². The van der Waals surface area contributed by atoms with Gasteiger partial charge in [-0.2, -0.15) is 0 Å². The zero-order valence-corrected chi connectivity index (χ0v) is 16.7. The molecule has 3 rings (SSSR count). The van der Waals surface area contributed by atoms with Crippen molar-refractivity contribution >= 4 is 33.1 Å². The zero-order valence-electron chi connectivity index (χ0n) is 15.9. The van der Waals surface area contributed by atoms with Crippen molar-refractivity contribution in [2.75, 3.05) is 25.0 Å². The number of hydrogen-bond acceptors (Lipinski definition) is 5. The predicted molar refractivity (Wildman–Crippen MR) is 112 cm³/mol. The molecule has 2 N–H and O–H groups in total.